The van der Waals surface area contributed by atoms with Crippen molar-refractivity contribution in [2.75, 3.05) is 13.1 Å². The molecule has 1 N–H and O–H groups in total. The molecule has 6 heteroatoms. The monoisotopic (exact) mass is 403 g/mol. The zero-order valence-electron chi connectivity index (χ0n) is 16.8. The van der Waals surface area contributed by atoms with Crippen molar-refractivity contribution in [1.82, 2.24) is 15.2 Å². The van der Waals surface area contributed by atoms with E-state index < -0.39 is 0 Å². The van der Waals surface area contributed by atoms with Crippen LogP contribution in [0.5, 0.6) is 0 Å². The van der Waals surface area contributed by atoms with Gasteiger partial charge >= 0.3 is 0 Å². The van der Waals surface area contributed by atoms with Crippen LogP contribution in [0.1, 0.15) is 52.9 Å². The molecule has 1 aromatic heterocycles. The van der Waals surface area contributed by atoms with Gasteiger partial charge in [0.2, 0.25) is 11.8 Å². The molecule has 0 spiro atoms. The van der Waals surface area contributed by atoms with Crippen molar-refractivity contribution in [3.63, 3.8) is 0 Å². The fourth-order valence-electron chi connectivity index (χ4n) is 3.79. The van der Waals surface area contributed by atoms with Gasteiger partial charge in [0.25, 0.3) is 5.91 Å². The Morgan fingerprint density at radius 3 is 2.53 bits per heavy atom. The number of amides is 2. The number of aromatic nitrogens is 1. The molecule has 0 aliphatic carbocycles. The van der Waals surface area contributed by atoms with Crippen LogP contribution < -0.4 is 5.32 Å². The van der Waals surface area contributed by atoms with Gasteiger partial charge in [0.1, 0.15) is 11.8 Å². The highest BCUT2D eigenvalue weighted by Gasteiger charge is 2.31. The van der Waals surface area contributed by atoms with Crippen LogP contribution >= 0.6 is 0 Å². The molecule has 30 heavy (non-hydrogen) atoms. The van der Waals surface area contributed by atoms with Crippen LogP contribution in [0.25, 0.3) is 0 Å². The van der Waals surface area contributed by atoms with Crippen molar-refractivity contribution in [1.29, 1.82) is 0 Å². The van der Waals surface area contributed by atoms with Crippen LogP contribution in [0, 0.1) is 0 Å². The maximum absolute atomic E-state index is 12.9. The van der Waals surface area contributed by atoms with Gasteiger partial charge in [0.15, 0.2) is 0 Å². The Balaban J connectivity index is 1.40. The topological polar surface area (TPSA) is 75.4 Å². The van der Waals surface area contributed by atoms with Gasteiger partial charge in [-0.05, 0) is 37.0 Å². The summed E-state index contributed by atoms with van der Waals surface area (Å²) < 4.78 is 6.01. The second-order valence-electron chi connectivity index (χ2n) is 7.47. The number of nitrogens with one attached hydrogen (secondary N) is 1. The molecule has 2 heterocycles. The number of oxazole rings is 1. The minimum absolute atomic E-state index is 0.0399. The molecule has 1 saturated heterocycles. The summed E-state index contributed by atoms with van der Waals surface area (Å²) in [6.07, 6.45) is 5.18. The second kappa shape index (κ2) is 9.39. The third-order valence-electron chi connectivity index (χ3n) is 5.34. The number of likely N-dealkylation sites (tertiary alicyclic amines) is 1. The number of hydrogen-bond acceptors (Lipinski definition) is 4. The van der Waals surface area contributed by atoms with Gasteiger partial charge in [-0.25, -0.2) is 4.98 Å². The average molecular weight is 403 g/mol. The van der Waals surface area contributed by atoms with Gasteiger partial charge in [-0.3, -0.25) is 9.59 Å². The molecule has 1 unspecified atom stereocenters. The molecule has 1 aliphatic heterocycles. The molecule has 0 bridgehead atoms. The highest BCUT2D eigenvalue weighted by atomic mass is 16.4. The summed E-state index contributed by atoms with van der Waals surface area (Å²) in [4.78, 5) is 31.4. The molecule has 6 nitrogen and oxygen atoms in total. The summed E-state index contributed by atoms with van der Waals surface area (Å²) in [6, 6.07) is 18.8. The van der Waals surface area contributed by atoms with Gasteiger partial charge < -0.3 is 14.6 Å². The number of benzene rings is 2. The largest absolute Gasteiger partial charge is 0.443 e. The number of nitrogens with zero attached hydrogens (tertiary/aromatic N) is 2. The van der Waals surface area contributed by atoms with Crippen LogP contribution in [0.4, 0.5) is 0 Å². The lowest BCUT2D eigenvalue weighted by Crippen LogP contribution is -2.44. The lowest BCUT2D eigenvalue weighted by Gasteiger charge is -2.33. The summed E-state index contributed by atoms with van der Waals surface area (Å²) in [5.74, 6) is 0.987. The van der Waals surface area contributed by atoms with Crippen molar-refractivity contribution < 1.29 is 14.0 Å². The molecule has 0 radical (unpaired) electrons. The average Bonchev–Trinajstić information content (AvgIpc) is 3.27. The Bertz CT molecular complexity index is 985. The van der Waals surface area contributed by atoms with E-state index in [0.29, 0.717) is 24.4 Å². The molecule has 2 amide bonds. The van der Waals surface area contributed by atoms with Crippen molar-refractivity contribution in [2.45, 2.75) is 31.7 Å². The Labute approximate surface area is 175 Å². The summed E-state index contributed by atoms with van der Waals surface area (Å²) in [6.45, 7) is 0.600. The summed E-state index contributed by atoms with van der Waals surface area (Å²) in [7, 11) is 0. The fourth-order valence-corrected chi connectivity index (χ4v) is 3.79. The first-order chi connectivity index (χ1) is 14.7. The molecule has 1 aliphatic rings. The zero-order valence-corrected chi connectivity index (χ0v) is 16.8. The van der Waals surface area contributed by atoms with E-state index in [2.05, 4.69) is 10.3 Å². The highest BCUT2D eigenvalue weighted by Crippen LogP contribution is 2.31. The van der Waals surface area contributed by atoms with E-state index in [9.17, 15) is 9.59 Å². The van der Waals surface area contributed by atoms with Gasteiger partial charge in [0.05, 0.1) is 12.7 Å². The SMILES string of the molecule is O=C(NCC(=O)N1CCCCC1c1ncc(Cc2ccccc2)o1)c1ccccc1. The molecule has 3 aromatic rings. The first kappa shape index (κ1) is 19.9. The molecule has 1 atom stereocenters. The van der Waals surface area contributed by atoms with Gasteiger partial charge in [-0.2, -0.15) is 0 Å². The van der Waals surface area contributed by atoms with E-state index in [-0.39, 0.29) is 24.4 Å². The fraction of sp³-hybridized carbons (Fsp3) is 0.292. The van der Waals surface area contributed by atoms with Gasteiger partial charge in [-0.1, -0.05) is 48.5 Å². The number of hydrogen-bond donors (Lipinski definition) is 1. The Kier molecular flexibility index (Phi) is 6.23. The molecule has 154 valence electrons. The van der Waals surface area contributed by atoms with Crippen molar-refractivity contribution >= 4 is 11.8 Å². The smallest absolute Gasteiger partial charge is 0.251 e. The lowest BCUT2D eigenvalue weighted by molar-refractivity contribution is -0.134. The van der Waals surface area contributed by atoms with Crippen LogP contribution in [-0.4, -0.2) is 34.8 Å². The minimum atomic E-state index is -0.251. The van der Waals surface area contributed by atoms with E-state index >= 15 is 0 Å². The van der Waals surface area contributed by atoms with Crippen molar-refractivity contribution in [2.24, 2.45) is 0 Å². The minimum Gasteiger partial charge on any atom is -0.443 e. The Hall–Kier alpha value is -3.41. The second-order valence-corrected chi connectivity index (χ2v) is 7.47. The quantitative estimate of drug-likeness (QED) is 0.680. The summed E-state index contributed by atoms with van der Waals surface area (Å²) in [5, 5.41) is 2.72. The highest BCUT2D eigenvalue weighted by molar-refractivity contribution is 5.96. The van der Waals surface area contributed by atoms with Crippen LogP contribution in [0.3, 0.4) is 0 Å². The molecular weight excluding hydrogens is 378 g/mol. The summed E-state index contributed by atoms with van der Waals surface area (Å²) in [5.41, 5.74) is 1.69. The van der Waals surface area contributed by atoms with Gasteiger partial charge in [0, 0.05) is 18.5 Å². The van der Waals surface area contributed by atoms with Crippen LogP contribution in [-0.2, 0) is 11.2 Å². The number of piperidine rings is 1. The van der Waals surface area contributed by atoms with E-state index in [1.807, 2.05) is 36.4 Å². The van der Waals surface area contributed by atoms with E-state index in [1.54, 1.807) is 35.4 Å². The molecule has 0 saturated carbocycles. The third kappa shape index (κ3) is 4.76. The number of carbonyl (C=O) groups is 2. The number of carbonyl (C=O) groups excluding carboxylic acids is 2. The molecule has 2 aromatic carbocycles. The molecular formula is C24H25N3O3. The molecule has 1 fully saturated rings. The predicted molar refractivity (Wildman–Crippen MR) is 113 cm³/mol. The first-order valence-electron chi connectivity index (χ1n) is 10.3. The normalized spacial score (nSPS) is 16.3. The zero-order chi connectivity index (χ0) is 20.8. The number of rotatable bonds is 6. The summed E-state index contributed by atoms with van der Waals surface area (Å²) >= 11 is 0. The first-order valence-corrected chi connectivity index (χ1v) is 10.3. The Morgan fingerprint density at radius 2 is 1.77 bits per heavy atom. The maximum Gasteiger partial charge on any atom is 0.251 e. The standard InChI is InChI=1S/C24H25N3O3/c28-22(17-25-23(29)19-11-5-2-6-12-19)27-14-8-7-13-21(27)24-26-16-20(30-24)15-18-9-3-1-4-10-18/h1-6,9-12,16,21H,7-8,13-15,17H2,(H,25,29). The maximum atomic E-state index is 12.9. The van der Waals surface area contributed by atoms with E-state index in [4.69, 9.17) is 4.42 Å². The van der Waals surface area contributed by atoms with Gasteiger partial charge in [-0.15, -0.1) is 0 Å². The van der Waals surface area contributed by atoms with Crippen molar-refractivity contribution in [3.05, 3.63) is 89.6 Å². The lowest BCUT2D eigenvalue weighted by atomic mass is 10.0. The van der Waals surface area contributed by atoms with E-state index in [0.717, 1.165) is 30.6 Å². The van der Waals surface area contributed by atoms with Crippen LogP contribution in [0.2, 0.25) is 0 Å². The van der Waals surface area contributed by atoms with Crippen LogP contribution in [0.15, 0.2) is 71.3 Å². The third-order valence-corrected chi connectivity index (χ3v) is 5.34. The predicted octanol–water partition coefficient (Wildman–Crippen LogP) is 3.75. The molecule has 4 rings (SSSR count). The van der Waals surface area contributed by atoms with E-state index in [1.165, 1.54) is 0 Å². The van der Waals surface area contributed by atoms with Crippen molar-refractivity contribution in [3.8, 4) is 0 Å². The Morgan fingerprint density at radius 1 is 1.03 bits per heavy atom.